The van der Waals surface area contributed by atoms with E-state index in [0.717, 1.165) is 84.8 Å². The molecular formula is C29H37N5OS. The molecular weight excluding hydrogens is 466 g/mol. The molecule has 190 valence electrons. The van der Waals surface area contributed by atoms with Gasteiger partial charge in [0.15, 0.2) is 0 Å². The van der Waals surface area contributed by atoms with E-state index in [9.17, 15) is 4.79 Å². The Morgan fingerprint density at radius 2 is 1.72 bits per heavy atom. The van der Waals surface area contributed by atoms with Crippen molar-refractivity contribution in [3.63, 3.8) is 0 Å². The van der Waals surface area contributed by atoms with Crippen LogP contribution >= 0.6 is 11.3 Å². The Kier molecular flexibility index (Phi) is 7.60. The van der Waals surface area contributed by atoms with Gasteiger partial charge in [0.2, 0.25) is 0 Å². The van der Waals surface area contributed by atoms with Gasteiger partial charge in [-0.2, -0.15) is 0 Å². The number of piperazine rings is 1. The van der Waals surface area contributed by atoms with Crippen molar-refractivity contribution in [3.8, 4) is 11.1 Å². The highest BCUT2D eigenvalue weighted by Gasteiger charge is 2.29. The average Bonchev–Trinajstić information content (AvgIpc) is 3.44. The van der Waals surface area contributed by atoms with E-state index in [1.165, 1.54) is 11.3 Å². The average molecular weight is 504 g/mol. The molecule has 1 aromatic heterocycles. The fourth-order valence-corrected chi connectivity index (χ4v) is 6.12. The van der Waals surface area contributed by atoms with Gasteiger partial charge in [0.25, 0.3) is 5.91 Å². The van der Waals surface area contributed by atoms with E-state index in [2.05, 4.69) is 64.2 Å². The zero-order valence-electron chi connectivity index (χ0n) is 21.1. The summed E-state index contributed by atoms with van der Waals surface area (Å²) in [6.07, 6.45) is 3.86. The summed E-state index contributed by atoms with van der Waals surface area (Å²) >= 11 is 1.51. The van der Waals surface area contributed by atoms with Crippen LogP contribution in [0.5, 0.6) is 0 Å². The molecule has 1 saturated heterocycles. The molecule has 0 bridgehead atoms. The van der Waals surface area contributed by atoms with Crippen LogP contribution < -0.4 is 16.4 Å². The van der Waals surface area contributed by atoms with Crippen LogP contribution in [0, 0.1) is 0 Å². The molecule has 1 aliphatic carbocycles. The molecule has 1 aliphatic heterocycles. The van der Waals surface area contributed by atoms with Crippen molar-refractivity contribution in [2.45, 2.75) is 44.3 Å². The molecule has 0 unspecified atom stereocenters. The second-order valence-corrected chi connectivity index (χ2v) is 11.2. The Hall–Kier alpha value is -2.87. The van der Waals surface area contributed by atoms with Crippen molar-refractivity contribution >= 4 is 28.6 Å². The van der Waals surface area contributed by atoms with Crippen LogP contribution in [0.1, 0.15) is 40.9 Å². The van der Waals surface area contributed by atoms with E-state index in [0.29, 0.717) is 6.54 Å². The van der Waals surface area contributed by atoms with Gasteiger partial charge in [0, 0.05) is 44.8 Å². The van der Waals surface area contributed by atoms with Crippen LogP contribution in [0.25, 0.3) is 11.1 Å². The lowest BCUT2D eigenvalue weighted by Crippen LogP contribution is -2.44. The molecule has 0 spiro atoms. The van der Waals surface area contributed by atoms with Crippen LogP contribution in [0.2, 0.25) is 0 Å². The van der Waals surface area contributed by atoms with Crippen LogP contribution in [-0.4, -0.2) is 61.0 Å². The number of amides is 1. The molecule has 6 nitrogen and oxygen atoms in total. The normalized spacial score (nSPS) is 20.9. The fraction of sp³-hybridized carbons (Fsp3) is 0.414. The number of hydrogen-bond donors (Lipinski definition) is 2. The first-order valence-electron chi connectivity index (χ1n) is 13.0. The lowest BCUT2D eigenvalue weighted by molar-refractivity contribution is 0.0611. The minimum atomic E-state index is 0.122. The van der Waals surface area contributed by atoms with E-state index in [1.54, 1.807) is 0 Å². The van der Waals surface area contributed by atoms with E-state index in [1.807, 2.05) is 17.5 Å². The topological polar surface area (TPSA) is 78.8 Å². The minimum Gasteiger partial charge on any atom is -0.397 e. The smallest absolute Gasteiger partial charge is 0.264 e. The summed E-state index contributed by atoms with van der Waals surface area (Å²) in [4.78, 5) is 21.1. The maximum atomic E-state index is 13.5. The first kappa shape index (κ1) is 24.8. The van der Waals surface area contributed by atoms with E-state index in [-0.39, 0.29) is 18.0 Å². The van der Waals surface area contributed by atoms with Gasteiger partial charge in [-0.05, 0) is 79.1 Å². The molecule has 2 aromatic carbocycles. The summed E-state index contributed by atoms with van der Waals surface area (Å²) in [6.45, 7) is 4.69. The Morgan fingerprint density at radius 3 is 2.42 bits per heavy atom. The number of nitrogen functional groups attached to an aromatic ring is 1. The Bertz CT molecular complexity index is 1160. The summed E-state index contributed by atoms with van der Waals surface area (Å²) < 4.78 is 0. The number of nitrogens with zero attached hydrogens (tertiary/aromatic N) is 3. The lowest BCUT2D eigenvalue weighted by atomic mass is 9.90. The SMILES string of the molecule is CN1CCN(c2ccc(-c3cccc(CN(C(=O)c4cccs4)C4CCC(N)CC4)c3)cc2N)CC1. The van der Waals surface area contributed by atoms with Gasteiger partial charge in [-0.25, -0.2) is 0 Å². The fourth-order valence-electron chi connectivity index (χ4n) is 5.44. The monoisotopic (exact) mass is 503 g/mol. The predicted molar refractivity (Wildman–Crippen MR) is 150 cm³/mol. The van der Waals surface area contributed by atoms with E-state index < -0.39 is 0 Å². The lowest BCUT2D eigenvalue weighted by Gasteiger charge is -2.36. The van der Waals surface area contributed by atoms with Crippen molar-refractivity contribution in [3.05, 3.63) is 70.4 Å². The molecule has 2 heterocycles. The van der Waals surface area contributed by atoms with Crippen molar-refractivity contribution in [1.82, 2.24) is 9.80 Å². The second-order valence-electron chi connectivity index (χ2n) is 10.2. The molecule has 4 N–H and O–H groups in total. The third kappa shape index (κ3) is 5.59. The highest BCUT2D eigenvalue weighted by Crippen LogP contribution is 2.32. The van der Waals surface area contributed by atoms with Gasteiger partial charge in [-0.15, -0.1) is 11.3 Å². The molecule has 0 radical (unpaired) electrons. The summed E-state index contributed by atoms with van der Waals surface area (Å²) in [5.41, 5.74) is 18.0. The maximum absolute atomic E-state index is 13.5. The summed E-state index contributed by atoms with van der Waals surface area (Å²) in [7, 11) is 2.16. The molecule has 3 aromatic rings. The van der Waals surface area contributed by atoms with Gasteiger partial charge >= 0.3 is 0 Å². The summed E-state index contributed by atoms with van der Waals surface area (Å²) in [5, 5.41) is 1.97. The number of rotatable bonds is 6. The van der Waals surface area contributed by atoms with Gasteiger partial charge in [-0.1, -0.05) is 30.3 Å². The molecule has 5 rings (SSSR count). The largest absolute Gasteiger partial charge is 0.397 e. The highest BCUT2D eigenvalue weighted by molar-refractivity contribution is 7.12. The standard InChI is InChI=1S/C29H37N5OS/c1-32-13-15-33(16-14-32)27-12-7-23(19-26(27)31)22-5-2-4-21(18-22)20-34(25-10-8-24(30)9-11-25)29(35)28-6-3-17-36-28/h2-7,12,17-19,24-25H,8-11,13-16,20,30-31H2,1H3. The minimum absolute atomic E-state index is 0.122. The number of hydrogen-bond acceptors (Lipinski definition) is 6. The number of nitrogens with two attached hydrogens (primary N) is 2. The summed E-state index contributed by atoms with van der Waals surface area (Å²) in [5.74, 6) is 0.122. The van der Waals surface area contributed by atoms with Crippen LogP contribution in [0.4, 0.5) is 11.4 Å². The second kappa shape index (κ2) is 11.0. The molecule has 36 heavy (non-hydrogen) atoms. The van der Waals surface area contributed by atoms with Crippen molar-refractivity contribution in [2.24, 2.45) is 5.73 Å². The molecule has 2 aliphatic rings. The number of anilines is 2. The van der Waals surface area contributed by atoms with Gasteiger partial charge in [0.05, 0.1) is 16.3 Å². The zero-order chi connectivity index (χ0) is 25.1. The third-order valence-corrected chi connectivity index (χ3v) is 8.52. The number of carbonyl (C=O) groups is 1. The van der Waals surface area contributed by atoms with Crippen molar-refractivity contribution < 1.29 is 4.79 Å². The van der Waals surface area contributed by atoms with Crippen LogP contribution in [-0.2, 0) is 6.54 Å². The Labute approximate surface area is 218 Å². The zero-order valence-corrected chi connectivity index (χ0v) is 21.9. The Balaban J connectivity index is 1.36. The number of carbonyl (C=O) groups excluding carboxylic acids is 1. The van der Waals surface area contributed by atoms with Gasteiger partial charge in [0.1, 0.15) is 0 Å². The molecule has 2 fully saturated rings. The Morgan fingerprint density at radius 1 is 0.972 bits per heavy atom. The molecule has 7 heteroatoms. The van der Waals surface area contributed by atoms with Crippen molar-refractivity contribution in [2.75, 3.05) is 43.9 Å². The van der Waals surface area contributed by atoms with Crippen molar-refractivity contribution in [1.29, 1.82) is 0 Å². The van der Waals surface area contributed by atoms with Crippen LogP contribution in [0.3, 0.4) is 0 Å². The third-order valence-electron chi connectivity index (χ3n) is 7.66. The maximum Gasteiger partial charge on any atom is 0.264 e. The number of likely N-dealkylation sites (N-methyl/N-ethyl adjacent to an activating group) is 1. The highest BCUT2D eigenvalue weighted by atomic mass is 32.1. The van der Waals surface area contributed by atoms with Gasteiger partial charge < -0.3 is 26.2 Å². The van der Waals surface area contributed by atoms with E-state index >= 15 is 0 Å². The summed E-state index contributed by atoms with van der Waals surface area (Å²) in [6, 6.07) is 19.3. The first-order valence-corrected chi connectivity index (χ1v) is 13.9. The van der Waals surface area contributed by atoms with E-state index in [4.69, 9.17) is 11.5 Å². The quantitative estimate of drug-likeness (QED) is 0.478. The molecule has 1 saturated carbocycles. The van der Waals surface area contributed by atoms with Gasteiger partial charge in [-0.3, -0.25) is 4.79 Å². The predicted octanol–water partition coefficient (Wildman–Crippen LogP) is 4.66. The molecule has 0 atom stereocenters. The van der Waals surface area contributed by atoms with Crippen LogP contribution in [0.15, 0.2) is 60.0 Å². The number of thiophene rings is 1. The molecule has 1 amide bonds. The number of benzene rings is 2. The first-order chi connectivity index (χ1) is 17.5.